The average Bonchev–Trinajstić information content (AvgIpc) is 2.74. The van der Waals surface area contributed by atoms with Crippen LogP contribution in [0.15, 0.2) is 91.0 Å². The first-order valence-electron chi connectivity index (χ1n) is 9.98. The van der Waals surface area contributed by atoms with Crippen LogP contribution in [0.5, 0.6) is 0 Å². The van der Waals surface area contributed by atoms with Gasteiger partial charge in [0.2, 0.25) is 5.91 Å². The van der Waals surface area contributed by atoms with Gasteiger partial charge in [-0.15, -0.1) is 0 Å². The third-order valence-corrected chi connectivity index (χ3v) is 4.76. The fourth-order valence-electron chi connectivity index (χ4n) is 3.42. The van der Waals surface area contributed by atoms with Crippen LogP contribution >= 0.6 is 0 Å². The normalized spacial score (nSPS) is 12.8. The zero-order valence-electron chi connectivity index (χ0n) is 16.7. The maximum Gasteiger partial charge on any atom is 0.240 e. The van der Waals surface area contributed by atoms with Crippen LogP contribution in [0.1, 0.15) is 24.1 Å². The Kier molecular flexibility index (Phi) is 7.42. The van der Waals surface area contributed by atoms with E-state index in [-0.39, 0.29) is 18.5 Å². The van der Waals surface area contributed by atoms with Gasteiger partial charge in [-0.1, -0.05) is 78.9 Å². The molecule has 0 saturated heterocycles. The van der Waals surface area contributed by atoms with E-state index in [9.17, 15) is 9.90 Å². The highest BCUT2D eigenvalue weighted by Gasteiger charge is 2.18. The number of carbonyl (C=O) groups is 1. The molecule has 0 spiro atoms. The highest BCUT2D eigenvalue weighted by molar-refractivity contribution is 5.81. The second-order valence-electron chi connectivity index (χ2n) is 7.29. The number of anilines is 1. The van der Waals surface area contributed by atoms with E-state index in [4.69, 9.17) is 0 Å². The predicted octanol–water partition coefficient (Wildman–Crippen LogP) is 3.97. The van der Waals surface area contributed by atoms with Crippen LogP contribution < -0.4 is 10.2 Å². The summed E-state index contributed by atoms with van der Waals surface area (Å²) in [6, 6.07) is 29.8. The number of aliphatic hydroxyl groups is 1. The highest BCUT2D eigenvalue weighted by Crippen LogP contribution is 2.19. The molecule has 0 aliphatic carbocycles. The molecule has 3 aromatic carbocycles. The lowest BCUT2D eigenvalue weighted by Crippen LogP contribution is -2.42. The van der Waals surface area contributed by atoms with E-state index in [0.717, 1.165) is 17.7 Å². The molecule has 2 N–H and O–H groups in total. The van der Waals surface area contributed by atoms with E-state index in [1.807, 2.05) is 83.8 Å². The first-order chi connectivity index (χ1) is 14.1. The molecule has 0 aliphatic rings. The molecule has 0 heterocycles. The highest BCUT2D eigenvalue weighted by atomic mass is 16.3. The minimum absolute atomic E-state index is 0.0701. The van der Waals surface area contributed by atoms with Crippen molar-refractivity contribution >= 4 is 11.6 Å². The monoisotopic (exact) mass is 388 g/mol. The summed E-state index contributed by atoms with van der Waals surface area (Å²) in [7, 11) is 0. The largest absolute Gasteiger partial charge is 0.392 e. The maximum absolute atomic E-state index is 12.9. The van der Waals surface area contributed by atoms with Crippen molar-refractivity contribution in [3.63, 3.8) is 0 Å². The second kappa shape index (κ2) is 10.4. The molecule has 0 bridgehead atoms. The molecule has 29 heavy (non-hydrogen) atoms. The van der Waals surface area contributed by atoms with Crippen molar-refractivity contribution in [1.29, 1.82) is 0 Å². The first kappa shape index (κ1) is 20.6. The summed E-state index contributed by atoms with van der Waals surface area (Å²) in [5, 5.41) is 13.1. The van der Waals surface area contributed by atoms with E-state index >= 15 is 0 Å². The number of hydrogen-bond acceptors (Lipinski definition) is 3. The van der Waals surface area contributed by atoms with Crippen molar-refractivity contribution in [2.75, 3.05) is 18.0 Å². The number of benzene rings is 3. The van der Waals surface area contributed by atoms with E-state index in [1.54, 1.807) is 6.92 Å². The zero-order valence-corrected chi connectivity index (χ0v) is 16.7. The molecule has 3 rings (SSSR count). The van der Waals surface area contributed by atoms with E-state index in [0.29, 0.717) is 6.54 Å². The molecule has 0 fully saturated rings. The summed E-state index contributed by atoms with van der Waals surface area (Å²) in [5.41, 5.74) is 3.17. The smallest absolute Gasteiger partial charge is 0.240 e. The Morgan fingerprint density at radius 3 is 2.03 bits per heavy atom. The molecule has 0 radical (unpaired) electrons. The van der Waals surface area contributed by atoms with Crippen molar-refractivity contribution in [3.05, 3.63) is 102 Å². The van der Waals surface area contributed by atoms with Gasteiger partial charge in [0.1, 0.15) is 0 Å². The van der Waals surface area contributed by atoms with Crippen LogP contribution in [-0.4, -0.2) is 30.2 Å². The Labute approximate surface area is 172 Å². The van der Waals surface area contributed by atoms with Crippen LogP contribution in [0.25, 0.3) is 0 Å². The molecule has 4 heteroatoms. The lowest BCUT2D eigenvalue weighted by molar-refractivity contribution is -0.120. The number of carbonyl (C=O) groups excluding carboxylic acids is 1. The Morgan fingerprint density at radius 2 is 1.45 bits per heavy atom. The summed E-state index contributed by atoms with van der Waals surface area (Å²) < 4.78 is 0. The van der Waals surface area contributed by atoms with E-state index < -0.39 is 6.10 Å². The van der Waals surface area contributed by atoms with Crippen LogP contribution in [0.4, 0.5) is 5.69 Å². The number of aliphatic hydroxyl groups excluding tert-OH is 1. The quantitative estimate of drug-likeness (QED) is 0.583. The average molecular weight is 389 g/mol. The fourth-order valence-corrected chi connectivity index (χ4v) is 3.42. The fraction of sp³-hybridized carbons (Fsp3) is 0.240. The summed E-state index contributed by atoms with van der Waals surface area (Å²) in [6.45, 7) is 2.31. The van der Waals surface area contributed by atoms with Crippen molar-refractivity contribution in [2.45, 2.75) is 25.5 Å². The third-order valence-electron chi connectivity index (χ3n) is 4.76. The molecule has 3 aromatic rings. The topological polar surface area (TPSA) is 52.6 Å². The molecule has 0 aliphatic heterocycles. The molecule has 2 atom stereocenters. The number of nitrogens with zero attached hydrogens (tertiary/aromatic N) is 1. The van der Waals surface area contributed by atoms with Crippen molar-refractivity contribution in [2.24, 2.45) is 0 Å². The van der Waals surface area contributed by atoms with Gasteiger partial charge in [0, 0.05) is 12.2 Å². The SMILES string of the molecule is CC(O)CN(CC(=O)NC(Cc1ccccc1)c1ccccc1)c1ccccc1. The van der Waals surface area contributed by atoms with Crippen molar-refractivity contribution in [3.8, 4) is 0 Å². The van der Waals surface area contributed by atoms with E-state index in [1.165, 1.54) is 5.56 Å². The number of amides is 1. The van der Waals surface area contributed by atoms with Gasteiger partial charge >= 0.3 is 0 Å². The second-order valence-corrected chi connectivity index (χ2v) is 7.29. The minimum Gasteiger partial charge on any atom is -0.392 e. The number of para-hydroxylation sites is 1. The molecule has 150 valence electrons. The summed E-state index contributed by atoms with van der Waals surface area (Å²) in [4.78, 5) is 14.9. The van der Waals surface area contributed by atoms with Gasteiger partial charge in [-0.3, -0.25) is 4.79 Å². The molecular formula is C25H28N2O2. The van der Waals surface area contributed by atoms with Gasteiger partial charge < -0.3 is 15.3 Å². The van der Waals surface area contributed by atoms with Gasteiger partial charge in [0.25, 0.3) is 0 Å². The molecule has 0 aromatic heterocycles. The number of nitrogens with one attached hydrogen (secondary N) is 1. The number of hydrogen-bond donors (Lipinski definition) is 2. The minimum atomic E-state index is -0.530. The zero-order chi connectivity index (χ0) is 20.5. The van der Waals surface area contributed by atoms with E-state index in [2.05, 4.69) is 17.4 Å². The Balaban J connectivity index is 1.74. The van der Waals surface area contributed by atoms with Crippen LogP contribution in [-0.2, 0) is 11.2 Å². The molecule has 2 unspecified atom stereocenters. The van der Waals surface area contributed by atoms with Gasteiger partial charge in [-0.05, 0) is 36.6 Å². The third kappa shape index (κ3) is 6.47. The summed E-state index contributed by atoms with van der Waals surface area (Å²) in [6.07, 6.45) is 0.190. The van der Waals surface area contributed by atoms with Crippen LogP contribution in [0, 0.1) is 0 Å². The Morgan fingerprint density at radius 1 is 0.897 bits per heavy atom. The summed E-state index contributed by atoms with van der Waals surface area (Å²) >= 11 is 0. The molecule has 4 nitrogen and oxygen atoms in total. The maximum atomic E-state index is 12.9. The first-order valence-corrected chi connectivity index (χ1v) is 9.98. The predicted molar refractivity (Wildman–Crippen MR) is 118 cm³/mol. The van der Waals surface area contributed by atoms with Crippen LogP contribution in [0.2, 0.25) is 0 Å². The molecular weight excluding hydrogens is 360 g/mol. The van der Waals surface area contributed by atoms with Gasteiger partial charge in [-0.25, -0.2) is 0 Å². The lowest BCUT2D eigenvalue weighted by Gasteiger charge is -2.27. The Hall–Kier alpha value is -3.11. The van der Waals surface area contributed by atoms with Gasteiger partial charge in [-0.2, -0.15) is 0 Å². The summed E-state index contributed by atoms with van der Waals surface area (Å²) in [5.74, 6) is -0.0701. The van der Waals surface area contributed by atoms with Gasteiger partial charge in [0.15, 0.2) is 0 Å². The van der Waals surface area contributed by atoms with Crippen LogP contribution in [0.3, 0.4) is 0 Å². The van der Waals surface area contributed by atoms with Gasteiger partial charge in [0.05, 0.1) is 18.7 Å². The lowest BCUT2D eigenvalue weighted by atomic mass is 9.99. The van der Waals surface area contributed by atoms with Crippen molar-refractivity contribution in [1.82, 2.24) is 5.32 Å². The standard InChI is InChI=1S/C25H28N2O2/c1-20(28)18-27(23-15-9-4-10-16-23)19-25(29)26-24(22-13-7-3-8-14-22)17-21-11-5-2-6-12-21/h2-16,20,24,28H,17-19H2,1H3,(H,26,29). The number of rotatable bonds is 9. The molecule has 0 saturated carbocycles. The van der Waals surface area contributed by atoms with Crippen molar-refractivity contribution < 1.29 is 9.90 Å². The Bertz CT molecular complexity index is 867. The molecule has 1 amide bonds.